The molecule has 0 saturated carbocycles. The highest BCUT2D eigenvalue weighted by Gasteiger charge is 2.33. The van der Waals surface area contributed by atoms with E-state index in [-0.39, 0.29) is 16.9 Å². The number of nitro groups is 1. The van der Waals surface area contributed by atoms with E-state index in [9.17, 15) is 23.3 Å². The summed E-state index contributed by atoms with van der Waals surface area (Å²) >= 11 is 0. The van der Waals surface area contributed by atoms with Crippen LogP contribution in [-0.2, 0) is 6.18 Å². The maximum absolute atomic E-state index is 12.4. The minimum absolute atomic E-state index is 0.0844. The first-order valence-electron chi connectivity index (χ1n) is 5.13. The number of nitrogens with zero attached hydrogens (tertiary/aromatic N) is 4. The van der Waals surface area contributed by atoms with Gasteiger partial charge >= 0.3 is 6.18 Å². The van der Waals surface area contributed by atoms with Crippen LogP contribution in [-0.4, -0.2) is 14.5 Å². The second kappa shape index (κ2) is 4.65. The number of alkyl halides is 3. The third-order valence-electron chi connectivity index (χ3n) is 2.46. The van der Waals surface area contributed by atoms with Crippen LogP contribution in [0.1, 0.15) is 11.3 Å². The fraction of sp³-hybridized carbons (Fsp3) is 0.0909. The second-order valence-electron chi connectivity index (χ2n) is 3.73. The fourth-order valence-corrected chi connectivity index (χ4v) is 1.55. The van der Waals surface area contributed by atoms with Crippen LogP contribution >= 0.6 is 0 Å². The van der Waals surface area contributed by atoms with Gasteiger partial charge in [-0.05, 0) is 6.07 Å². The zero-order valence-electron chi connectivity index (χ0n) is 9.63. The molecule has 0 unspecified atom stereocenters. The smallest absolute Gasteiger partial charge is 0.304 e. The predicted octanol–water partition coefficient (Wildman–Crippen LogP) is 2.67. The van der Waals surface area contributed by atoms with E-state index in [2.05, 4.69) is 4.98 Å². The van der Waals surface area contributed by atoms with E-state index >= 15 is 0 Å². The second-order valence-corrected chi connectivity index (χ2v) is 3.73. The largest absolute Gasteiger partial charge is 0.434 e. The maximum atomic E-state index is 12.4. The van der Waals surface area contributed by atoms with Crippen molar-refractivity contribution in [1.82, 2.24) is 9.55 Å². The summed E-state index contributed by atoms with van der Waals surface area (Å²) in [5.74, 6) is 0. The average molecular weight is 282 g/mol. The summed E-state index contributed by atoms with van der Waals surface area (Å²) in [5, 5.41) is 19.5. The molecular weight excluding hydrogens is 277 g/mol. The van der Waals surface area contributed by atoms with Crippen LogP contribution in [0.25, 0.3) is 5.69 Å². The Kier molecular flexibility index (Phi) is 3.15. The summed E-state index contributed by atoms with van der Waals surface area (Å²) in [6, 6.07) is 4.99. The topological polar surface area (TPSA) is 84.7 Å². The van der Waals surface area contributed by atoms with E-state index < -0.39 is 16.8 Å². The third-order valence-corrected chi connectivity index (χ3v) is 2.46. The van der Waals surface area contributed by atoms with Gasteiger partial charge in [-0.25, -0.2) is 4.98 Å². The Bertz CT molecular complexity index is 715. The number of nitriles is 1. The summed E-state index contributed by atoms with van der Waals surface area (Å²) in [4.78, 5) is 13.1. The Labute approximate surface area is 109 Å². The van der Waals surface area contributed by atoms with E-state index in [1.165, 1.54) is 6.07 Å². The molecule has 102 valence electrons. The van der Waals surface area contributed by atoms with Crippen LogP contribution in [0.4, 0.5) is 18.9 Å². The van der Waals surface area contributed by atoms with Crippen molar-refractivity contribution in [1.29, 1.82) is 5.26 Å². The molecule has 0 radical (unpaired) electrons. The van der Waals surface area contributed by atoms with Gasteiger partial charge in [-0.1, -0.05) is 0 Å². The van der Waals surface area contributed by atoms with Crippen molar-refractivity contribution < 1.29 is 18.1 Å². The van der Waals surface area contributed by atoms with E-state index in [1.807, 2.05) is 0 Å². The number of rotatable bonds is 2. The Morgan fingerprint density at radius 3 is 2.60 bits per heavy atom. The van der Waals surface area contributed by atoms with E-state index in [0.717, 1.165) is 23.0 Å². The van der Waals surface area contributed by atoms with Gasteiger partial charge in [0.2, 0.25) is 0 Å². The first-order valence-corrected chi connectivity index (χ1v) is 5.13. The van der Waals surface area contributed by atoms with Gasteiger partial charge in [0.1, 0.15) is 6.07 Å². The molecule has 1 aromatic heterocycles. The number of benzene rings is 1. The van der Waals surface area contributed by atoms with Crippen LogP contribution in [0.2, 0.25) is 0 Å². The van der Waals surface area contributed by atoms with Crippen molar-refractivity contribution in [2.45, 2.75) is 6.18 Å². The number of hydrogen-bond acceptors (Lipinski definition) is 4. The monoisotopic (exact) mass is 282 g/mol. The zero-order valence-corrected chi connectivity index (χ0v) is 9.63. The summed E-state index contributed by atoms with van der Waals surface area (Å²) in [7, 11) is 0. The van der Waals surface area contributed by atoms with Crippen LogP contribution in [0.15, 0.2) is 30.7 Å². The third kappa shape index (κ3) is 2.44. The van der Waals surface area contributed by atoms with Crippen molar-refractivity contribution in [3.8, 4) is 11.8 Å². The van der Waals surface area contributed by atoms with E-state index in [4.69, 9.17) is 5.26 Å². The first kappa shape index (κ1) is 13.5. The highest BCUT2D eigenvalue weighted by Crippen LogP contribution is 2.29. The van der Waals surface area contributed by atoms with Gasteiger partial charge in [0.15, 0.2) is 5.69 Å². The minimum atomic E-state index is -4.60. The molecule has 2 rings (SSSR count). The van der Waals surface area contributed by atoms with Gasteiger partial charge < -0.3 is 4.57 Å². The van der Waals surface area contributed by atoms with Crippen LogP contribution in [0.3, 0.4) is 0 Å². The molecule has 20 heavy (non-hydrogen) atoms. The average Bonchev–Trinajstić information content (AvgIpc) is 2.87. The fourth-order valence-electron chi connectivity index (χ4n) is 1.55. The lowest BCUT2D eigenvalue weighted by Crippen LogP contribution is -2.05. The quantitative estimate of drug-likeness (QED) is 0.626. The zero-order chi connectivity index (χ0) is 14.9. The molecule has 0 atom stereocenters. The number of aromatic nitrogens is 2. The van der Waals surface area contributed by atoms with E-state index in [1.54, 1.807) is 6.07 Å². The van der Waals surface area contributed by atoms with Crippen LogP contribution in [0.5, 0.6) is 0 Å². The standard InChI is InChI=1S/C11H5F3N4O2/c12-11(13,14)10-5-17(6-16-10)9-2-1-8(18(19)20)3-7(9)4-15/h1-3,5-6H. The molecule has 0 N–H and O–H groups in total. The minimum Gasteiger partial charge on any atom is -0.304 e. The number of imidazole rings is 1. The Balaban J connectivity index is 2.51. The number of nitro benzene ring substituents is 1. The molecule has 0 aliphatic rings. The lowest BCUT2D eigenvalue weighted by Gasteiger charge is -2.04. The molecular formula is C11H5F3N4O2. The van der Waals surface area contributed by atoms with Crippen LogP contribution in [0, 0.1) is 21.4 Å². The molecule has 2 aromatic rings. The van der Waals surface area contributed by atoms with Crippen molar-refractivity contribution in [3.05, 3.63) is 52.1 Å². The number of non-ortho nitro benzene ring substituents is 1. The first-order chi connectivity index (χ1) is 9.32. The van der Waals surface area contributed by atoms with Gasteiger partial charge in [0, 0.05) is 18.3 Å². The Hall–Kier alpha value is -2.89. The molecule has 0 aliphatic carbocycles. The van der Waals surface area contributed by atoms with Gasteiger partial charge in [0.25, 0.3) is 5.69 Å². The van der Waals surface area contributed by atoms with Gasteiger partial charge in [0.05, 0.1) is 22.5 Å². The van der Waals surface area contributed by atoms with Crippen molar-refractivity contribution in [2.75, 3.05) is 0 Å². The Morgan fingerprint density at radius 2 is 2.10 bits per heavy atom. The summed E-state index contributed by atoms with van der Waals surface area (Å²) < 4.78 is 38.3. The van der Waals surface area contributed by atoms with Crippen molar-refractivity contribution in [2.24, 2.45) is 0 Å². The molecule has 9 heteroatoms. The van der Waals surface area contributed by atoms with E-state index in [0.29, 0.717) is 6.20 Å². The molecule has 0 fully saturated rings. The number of halogens is 3. The molecule has 0 spiro atoms. The van der Waals surface area contributed by atoms with Crippen molar-refractivity contribution >= 4 is 5.69 Å². The SMILES string of the molecule is N#Cc1cc([N+](=O)[O-])ccc1-n1cnc(C(F)(F)F)c1. The van der Waals surface area contributed by atoms with Gasteiger partial charge in [-0.3, -0.25) is 10.1 Å². The Morgan fingerprint density at radius 1 is 1.40 bits per heavy atom. The number of hydrogen-bond donors (Lipinski definition) is 0. The molecule has 0 bridgehead atoms. The molecule has 1 aromatic carbocycles. The van der Waals surface area contributed by atoms with Crippen LogP contribution < -0.4 is 0 Å². The molecule has 0 saturated heterocycles. The van der Waals surface area contributed by atoms with Gasteiger partial charge in [-0.15, -0.1) is 0 Å². The summed E-state index contributed by atoms with van der Waals surface area (Å²) in [5.41, 5.74) is -1.47. The molecule has 1 heterocycles. The lowest BCUT2D eigenvalue weighted by molar-refractivity contribution is -0.384. The van der Waals surface area contributed by atoms with Gasteiger partial charge in [-0.2, -0.15) is 18.4 Å². The summed E-state index contributed by atoms with van der Waals surface area (Å²) in [6.45, 7) is 0. The summed E-state index contributed by atoms with van der Waals surface area (Å²) in [6.07, 6.45) is -2.99. The highest BCUT2D eigenvalue weighted by molar-refractivity contribution is 5.54. The molecule has 0 amide bonds. The predicted molar refractivity (Wildman–Crippen MR) is 59.9 cm³/mol. The normalized spacial score (nSPS) is 11.1. The maximum Gasteiger partial charge on any atom is 0.434 e. The molecule has 0 aliphatic heterocycles. The highest BCUT2D eigenvalue weighted by atomic mass is 19.4. The molecule has 6 nitrogen and oxygen atoms in total. The van der Waals surface area contributed by atoms with Crippen molar-refractivity contribution in [3.63, 3.8) is 0 Å². The lowest BCUT2D eigenvalue weighted by atomic mass is 10.1.